The van der Waals surface area contributed by atoms with Crippen LogP contribution in [0.5, 0.6) is 0 Å². The minimum Gasteiger partial charge on any atom is -0.356 e. The molecule has 0 spiro atoms. The van der Waals surface area contributed by atoms with Gasteiger partial charge >= 0.3 is 0 Å². The molecule has 2 fully saturated rings. The van der Waals surface area contributed by atoms with E-state index in [0.29, 0.717) is 29.2 Å². The quantitative estimate of drug-likeness (QED) is 0.153. The average molecular weight is 632 g/mol. The van der Waals surface area contributed by atoms with Crippen LogP contribution in [0.2, 0.25) is 0 Å². The fourth-order valence-corrected chi connectivity index (χ4v) is 6.93. The van der Waals surface area contributed by atoms with E-state index >= 15 is 0 Å². The Kier molecular flexibility index (Phi) is 20.4. The van der Waals surface area contributed by atoms with Gasteiger partial charge in [-0.25, -0.2) is 0 Å². The van der Waals surface area contributed by atoms with E-state index < -0.39 is 0 Å². The molecule has 1 amide bonds. The molecule has 5 heteroatoms. The van der Waals surface area contributed by atoms with Crippen molar-refractivity contribution in [3.05, 3.63) is 0 Å². The molecule has 0 bridgehead atoms. The van der Waals surface area contributed by atoms with E-state index in [1.165, 1.54) is 57.8 Å². The van der Waals surface area contributed by atoms with E-state index in [1.54, 1.807) is 0 Å². The van der Waals surface area contributed by atoms with Crippen LogP contribution in [0.1, 0.15) is 190 Å². The molecule has 0 aromatic heterocycles. The van der Waals surface area contributed by atoms with Gasteiger partial charge in [0, 0.05) is 49.5 Å². The number of hydrogen-bond acceptors (Lipinski definition) is 4. The third-order valence-corrected chi connectivity index (χ3v) is 10.1. The molecule has 2 rings (SSSR count). The standard InChI is InChI=1S/C24H42O2.C16H31NO2/c1-5-6-22(25)16-20-11-7-18(8-12-20)15-19-9-13-21(14-10-19)17-23(26)24(2,3)4;1-5-11-14(18)12-9-7-6-8-10-13-17-15(19)16(2,3)4/h18-21H,5-17H2,1-4H3;5-13H2,1-4H3,(H,17,19). The molecule has 5 nitrogen and oxygen atoms in total. The first-order chi connectivity index (χ1) is 21.1. The summed E-state index contributed by atoms with van der Waals surface area (Å²) in [6.07, 6.45) is 23.1. The Morgan fingerprint density at radius 1 is 0.533 bits per heavy atom. The van der Waals surface area contributed by atoms with Crippen LogP contribution >= 0.6 is 0 Å². The Balaban J connectivity index is 0.000000476. The molecule has 0 radical (unpaired) electrons. The molecule has 0 heterocycles. The maximum atomic E-state index is 12.3. The Morgan fingerprint density at radius 2 is 0.978 bits per heavy atom. The second-order valence-corrected chi connectivity index (χ2v) is 16.7. The largest absolute Gasteiger partial charge is 0.356 e. The zero-order valence-electron chi connectivity index (χ0n) is 31.0. The van der Waals surface area contributed by atoms with Crippen molar-refractivity contribution in [2.24, 2.45) is 34.5 Å². The van der Waals surface area contributed by atoms with Crippen LogP contribution in [-0.4, -0.2) is 29.8 Å². The number of hydrogen-bond donors (Lipinski definition) is 1. The van der Waals surface area contributed by atoms with Crippen molar-refractivity contribution in [3.8, 4) is 0 Å². The number of rotatable bonds is 18. The van der Waals surface area contributed by atoms with E-state index in [9.17, 15) is 19.2 Å². The average Bonchev–Trinajstić information content (AvgIpc) is 2.96. The van der Waals surface area contributed by atoms with E-state index in [2.05, 4.69) is 12.2 Å². The fourth-order valence-electron chi connectivity index (χ4n) is 6.93. The van der Waals surface area contributed by atoms with E-state index in [4.69, 9.17) is 0 Å². The van der Waals surface area contributed by atoms with Crippen LogP contribution in [0.15, 0.2) is 0 Å². The number of unbranched alkanes of at least 4 members (excludes halogenated alkanes) is 4. The van der Waals surface area contributed by atoms with E-state index in [0.717, 1.165) is 95.4 Å². The van der Waals surface area contributed by atoms with Gasteiger partial charge in [0.15, 0.2) is 0 Å². The highest BCUT2D eigenvalue weighted by Gasteiger charge is 2.30. The topological polar surface area (TPSA) is 80.3 Å². The van der Waals surface area contributed by atoms with Crippen molar-refractivity contribution in [1.29, 1.82) is 0 Å². The van der Waals surface area contributed by atoms with Gasteiger partial charge in [-0.1, -0.05) is 100 Å². The van der Waals surface area contributed by atoms with E-state index in [1.807, 2.05) is 48.5 Å². The molecule has 1 N–H and O–H groups in total. The summed E-state index contributed by atoms with van der Waals surface area (Å²) in [4.78, 5) is 47.0. The summed E-state index contributed by atoms with van der Waals surface area (Å²) in [7, 11) is 0. The predicted octanol–water partition coefficient (Wildman–Crippen LogP) is 10.6. The number of carbonyl (C=O) groups is 4. The molecule has 0 aromatic carbocycles. The Labute approximate surface area is 278 Å². The van der Waals surface area contributed by atoms with Crippen LogP contribution in [0.4, 0.5) is 0 Å². The van der Waals surface area contributed by atoms with Crippen molar-refractivity contribution in [1.82, 2.24) is 5.32 Å². The SMILES string of the molecule is CCCC(=O)CC1CCC(CC2CCC(CC(=O)C(C)(C)C)CC2)CC1.CCCC(=O)CCCCCCCNC(=O)C(C)(C)C. The Morgan fingerprint density at radius 3 is 1.47 bits per heavy atom. The first-order valence-corrected chi connectivity index (χ1v) is 19.0. The summed E-state index contributed by atoms with van der Waals surface area (Å²) in [5, 5.41) is 2.96. The minimum atomic E-state index is -0.292. The van der Waals surface area contributed by atoms with Crippen LogP contribution in [0.25, 0.3) is 0 Å². The molecule has 0 unspecified atom stereocenters. The van der Waals surface area contributed by atoms with Crippen molar-refractivity contribution < 1.29 is 19.2 Å². The first kappa shape index (κ1) is 41.5. The smallest absolute Gasteiger partial charge is 0.225 e. The Hall–Kier alpha value is -1.52. The predicted molar refractivity (Wildman–Crippen MR) is 189 cm³/mol. The highest BCUT2D eigenvalue weighted by molar-refractivity contribution is 5.83. The van der Waals surface area contributed by atoms with Crippen LogP contribution in [-0.2, 0) is 19.2 Å². The summed E-state index contributed by atoms with van der Waals surface area (Å²) < 4.78 is 0. The highest BCUT2D eigenvalue weighted by atomic mass is 16.2. The van der Waals surface area contributed by atoms with Gasteiger partial charge in [-0.3, -0.25) is 19.2 Å². The lowest BCUT2D eigenvalue weighted by Gasteiger charge is -2.34. The van der Waals surface area contributed by atoms with Crippen molar-refractivity contribution in [3.63, 3.8) is 0 Å². The molecule has 0 aliphatic heterocycles. The normalized spacial score (nSPS) is 22.2. The third kappa shape index (κ3) is 19.7. The molecule has 2 saturated carbocycles. The number of ketones is 3. The van der Waals surface area contributed by atoms with Gasteiger partial charge in [0.2, 0.25) is 5.91 Å². The summed E-state index contributed by atoms with van der Waals surface area (Å²) in [6.45, 7) is 16.8. The zero-order valence-corrected chi connectivity index (χ0v) is 31.0. The van der Waals surface area contributed by atoms with Gasteiger partial charge in [-0.15, -0.1) is 0 Å². The van der Waals surface area contributed by atoms with Crippen LogP contribution < -0.4 is 5.32 Å². The maximum absolute atomic E-state index is 12.3. The third-order valence-electron chi connectivity index (χ3n) is 10.1. The molecule has 0 saturated heterocycles. The van der Waals surface area contributed by atoms with Crippen LogP contribution in [0.3, 0.4) is 0 Å². The van der Waals surface area contributed by atoms with Crippen molar-refractivity contribution >= 4 is 23.3 Å². The molecule has 0 aromatic rings. The molecule has 45 heavy (non-hydrogen) atoms. The first-order valence-electron chi connectivity index (χ1n) is 19.0. The molecule has 262 valence electrons. The minimum absolute atomic E-state index is 0.123. The molecular weight excluding hydrogens is 558 g/mol. The Bertz CT molecular complexity index is 849. The van der Waals surface area contributed by atoms with Gasteiger partial charge in [0.25, 0.3) is 0 Å². The lowest BCUT2D eigenvalue weighted by molar-refractivity contribution is -0.128. The maximum Gasteiger partial charge on any atom is 0.225 e. The highest BCUT2D eigenvalue weighted by Crippen LogP contribution is 2.40. The van der Waals surface area contributed by atoms with Crippen molar-refractivity contribution in [2.45, 2.75) is 190 Å². The van der Waals surface area contributed by atoms with Gasteiger partial charge in [0.1, 0.15) is 17.3 Å². The van der Waals surface area contributed by atoms with Gasteiger partial charge in [-0.2, -0.15) is 0 Å². The van der Waals surface area contributed by atoms with Gasteiger partial charge < -0.3 is 5.32 Å². The summed E-state index contributed by atoms with van der Waals surface area (Å²) in [5.74, 6) is 4.54. The molecule has 0 atom stereocenters. The summed E-state index contributed by atoms with van der Waals surface area (Å²) in [5.41, 5.74) is -0.465. The lowest BCUT2D eigenvalue weighted by atomic mass is 9.71. The van der Waals surface area contributed by atoms with Crippen molar-refractivity contribution in [2.75, 3.05) is 6.54 Å². The zero-order chi connectivity index (χ0) is 33.9. The molecule has 2 aliphatic rings. The molecular formula is C40H73NO4. The number of amides is 1. The van der Waals surface area contributed by atoms with Crippen LogP contribution in [0, 0.1) is 34.5 Å². The lowest BCUT2D eigenvalue weighted by Crippen LogP contribution is -2.35. The number of nitrogens with one attached hydrogen (secondary N) is 1. The second-order valence-electron chi connectivity index (χ2n) is 16.7. The number of carbonyl (C=O) groups excluding carboxylic acids is 4. The summed E-state index contributed by atoms with van der Waals surface area (Å²) in [6, 6.07) is 0. The monoisotopic (exact) mass is 632 g/mol. The molecule has 2 aliphatic carbocycles. The fraction of sp³-hybridized carbons (Fsp3) is 0.900. The van der Waals surface area contributed by atoms with Gasteiger partial charge in [-0.05, 0) is 81.5 Å². The summed E-state index contributed by atoms with van der Waals surface area (Å²) >= 11 is 0. The second kappa shape index (κ2) is 22.1. The van der Waals surface area contributed by atoms with E-state index in [-0.39, 0.29) is 16.7 Å². The van der Waals surface area contributed by atoms with Gasteiger partial charge in [0.05, 0.1) is 0 Å². The number of Topliss-reactive ketones (excluding diaryl/α,β-unsaturated/α-hetero) is 3.